The molecule has 0 aromatic carbocycles. The lowest BCUT2D eigenvalue weighted by molar-refractivity contribution is 0.0776. The van der Waals surface area contributed by atoms with Crippen LogP contribution in [-0.4, -0.2) is 48.6 Å². The van der Waals surface area contributed by atoms with Crippen LogP contribution in [0.3, 0.4) is 0 Å². The Labute approximate surface area is 150 Å². The molecular weight excluding hydrogens is 332 g/mol. The van der Waals surface area contributed by atoms with E-state index in [1.165, 1.54) is 0 Å². The van der Waals surface area contributed by atoms with E-state index in [-0.39, 0.29) is 5.91 Å². The summed E-state index contributed by atoms with van der Waals surface area (Å²) in [4.78, 5) is 27.4. The standard InChI is InChI=1S/C18H20N6O2/c1-12-7-16(22-26-12)18(25)24-5-3-13(10-24)8-14-9-15(21-11-20-14)17-19-4-6-23(17)2/h4,6-7,9,11,13H,3,5,8,10H2,1-2H3/t13-/m0/s1. The average Bonchev–Trinajstić information content (AvgIpc) is 3.36. The van der Waals surface area contributed by atoms with E-state index in [9.17, 15) is 4.79 Å². The van der Waals surface area contributed by atoms with E-state index in [4.69, 9.17) is 4.52 Å². The molecule has 0 N–H and O–H groups in total. The van der Waals surface area contributed by atoms with Crippen molar-refractivity contribution in [2.24, 2.45) is 13.0 Å². The van der Waals surface area contributed by atoms with Crippen molar-refractivity contribution in [3.63, 3.8) is 0 Å². The summed E-state index contributed by atoms with van der Waals surface area (Å²) in [7, 11) is 1.94. The maximum Gasteiger partial charge on any atom is 0.276 e. The first-order valence-corrected chi connectivity index (χ1v) is 8.61. The van der Waals surface area contributed by atoms with Gasteiger partial charge in [-0.15, -0.1) is 0 Å². The number of aryl methyl sites for hydroxylation is 2. The van der Waals surface area contributed by atoms with Crippen molar-refractivity contribution in [3.05, 3.63) is 48.0 Å². The van der Waals surface area contributed by atoms with Gasteiger partial charge in [0.1, 0.15) is 17.8 Å². The molecule has 8 heteroatoms. The molecule has 0 aliphatic carbocycles. The van der Waals surface area contributed by atoms with Crippen LogP contribution in [0.1, 0.15) is 28.4 Å². The van der Waals surface area contributed by atoms with Crippen LogP contribution >= 0.6 is 0 Å². The average molecular weight is 352 g/mol. The number of amides is 1. The number of carbonyl (C=O) groups is 1. The van der Waals surface area contributed by atoms with Gasteiger partial charge in [-0.25, -0.2) is 15.0 Å². The van der Waals surface area contributed by atoms with Crippen molar-refractivity contribution in [2.45, 2.75) is 19.8 Å². The molecule has 3 aromatic rings. The molecule has 1 amide bonds. The number of likely N-dealkylation sites (tertiary alicyclic amines) is 1. The molecule has 1 saturated heterocycles. The van der Waals surface area contributed by atoms with Crippen molar-refractivity contribution in [1.29, 1.82) is 0 Å². The van der Waals surface area contributed by atoms with Crippen LogP contribution in [-0.2, 0) is 13.5 Å². The molecule has 0 spiro atoms. The highest BCUT2D eigenvalue weighted by Gasteiger charge is 2.29. The molecule has 0 unspecified atom stereocenters. The van der Waals surface area contributed by atoms with Crippen molar-refractivity contribution in [2.75, 3.05) is 13.1 Å². The fourth-order valence-corrected chi connectivity index (χ4v) is 3.35. The lowest BCUT2D eigenvalue weighted by Crippen LogP contribution is -2.29. The summed E-state index contributed by atoms with van der Waals surface area (Å²) in [6.45, 7) is 3.21. The van der Waals surface area contributed by atoms with Gasteiger partial charge in [-0.1, -0.05) is 5.16 Å². The van der Waals surface area contributed by atoms with Gasteiger partial charge < -0.3 is 14.0 Å². The molecule has 8 nitrogen and oxygen atoms in total. The zero-order valence-corrected chi connectivity index (χ0v) is 14.8. The molecule has 0 bridgehead atoms. The van der Waals surface area contributed by atoms with E-state index >= 15 is 0 Å². The number of imidazole rings is 1. The van der Waals surface area contributed by atoms with E-state index in [1.807, 2.05) is 28.8 Å². The minimum Gasteiger partial charge on any atom is -0.361 e. The Morgan fingerprint density at radius 1 is 1.31 bits per heavy atom. The molecule has 0 radical (unpaired) electrons. The molecule has 0 saturated carbocycles. The summed E-state index contributed by atoms with van der Waals surface area (Å²) < 4.78 is 6.94. The van der Waals surface area contributed by atoms with Crippen LogP contribution < -0.4 is 0 Å². The van der Waals surface area contributed by atoms with Gasteiger partial charge in [0.2, 0.25) is 0 Å². The molecule has 3 aromatic heterocycles. The molecular formula is C18H20N6O2. The fraction of sp³-hybridized carbons (Fsp3) is 0.389. The molecule has 134 valence electrons. The number of hydrogen-bond donors (Lipinski definition) is 0. The van der Waals surface area contributed by atoms with E-state index in [1.54, 1.807) is 25.5 Å². The predicted molar refractivity (Wildman–Crippen MR) is 93.2 cm³/mol. The maximum absolute atomic E-state index is 12.5. The highest BCUT2D eigenvalue weighted by Crippen LogP contribution is 2.23. The zero-order chi connectivity index (χ0) is 18.1. The molecule has 1 aliphatic heterocycles. The fourth-order valence-electron chi connectivity index (χ4n) is 3.35. The number of aromatic nitrogens is 5. The summed E-state index contributed by atoms with van der Waals surface area (Å²) in [6.07, 6.45) is 6.98. The molecule has 4 rings (SSSR count). The third kappa shape index (κ3) is 3.22. The number of rotatable bonds is 4. The van der Waals surface area contributed by atoms with Crippen LogP contribution in [0.25, 0.3) is 11.5 Å². The predicted octanol–water partition coefficient (Wildman–Crippen LogP) is 1.88. The number of nitrogens with zero attached hydrogens (tertiary/aromatic N) is 6. The van der Waals surface area contributed by atoms with Crippen molar-refractivity contribution in [3.8, 4) is 11.5 Å². The molecule has 26 heavy (non-hydrogen) atoms. The Hall–Kier alpha value is -3.03. The normalized spacial score (nSPS) is 17.0. The Morgan fingerprint density at radius 2 is 2.19 bits per heavy atom. The Morgan fingerprint density at radius 3 is 2.92 bits per heavy atom. The first-order chi connectivity index (χ1) is 12.6. The zero-order valence-electron chi connectivity index (χ0n) is 14.8. The Balaban J connectivity index is 1.43. The van der Waals surface area contributed by atoms with E-state index in [0.29, 0.717) is 23.9 Å². The molecule has 1 fully saturated rings. The van der Waals surface area contributed by atoms with Crippen LogP contribution in [0.15, 0.2) is 35.4 Å². The Kier molecular flexibility index (Phi) is 4.24. The summed E-state index contributed by atoms with van der Waals surface area (Å²) in [5.41, 5.74) is 2.16. The third-order valence-electron chi connectivity index (χ3n) is 4.69. The highest BCUT2D eigenvalue weighted by molar-refractivity contribution is 5.92. The minimum atomic E-state index is -0.0688. The van der Waals surface area contributed by atoms with Crippen molar-refractivity contribution < 1.29 is 9.32 Å². The first kappa shape index (κ1) is 16.4. The molecule has 4 heterocycles. The summed E-state index contributed by atoms with van der Waals surface area (Å²) in [6, 6.07) is 3.66. The van der Waals surface area contributed by atoms with Crippen molar-refractivity contribution >= 4 is 5.91 Å². The van der Waals surface area contributed by atoms with Crippen LogP contribution in [0.5, 0.6) is 0 Å². The van der Waals surface area contributed by atoms with Crippen molar-refractivity contribution in [1.82, 2.24) is 29.6 Å². The topological polar surface area (TPSA) is 89.9 Å². The second-order valence-electron chi connectivity index (χ2n) is 6.69. The molecule has 1 atom stereocenters. The van der Waals surface area contributed by atoms with E-state index in [0.717, 1.165) is 36.6 Å². The van der Waals surface area contributed by atoms with Gasteiger partial charge in [0.25, 0.3) is 5.91 Å². The number of carbonyl (C=O) groups excluding carboxylic acids is 1. The number of hydrogen-bond acceptors (Lipinski definition) is 6. The van der Waals surface area contributed by atoms with Crippen LogP contribution in [0.2, 0.25) is 0 Å². The summed E-state index contributed by atoms with van der Waals surface area (Å²) in [5.74, 6) is 1.77. The Bertz CT molecular complexity index is 931. The maximum atomic E-state index is 12.5. The summed E-state index contributed by atoms with van der Waals surface area (Å²) in [5, 5.41) is 3.82. The van der Waals surface area contributed by atoms with Gasteiger partial charge in [-0.3, -0.25) is 4.79 Å². The minimum absolute atomic E-state index is 0.0688. The van der Waals surface area contributed by atoms with Gasteiger partial charge in [-0.2, -0.15) is 0 Å². The van der Waals surface area contributed by atoms with Gasteiger partial charge in [-0.05, 0) is 31.7 Å². The lowest BCUT2D eigenvalue weighted by atomic mass is 10.0. The van der Waals surface area contributed by atoms with Crippen LogP contribution in [0.4, 0.5) is 0 Å². The quantitative estimate of drug-likeness (QED) is 0.712. The van der Waals surface area contributed by atoms with E-state index < -0.39 is 0 Å². The second-order valence-corrected chi connectivity index (χ2v) is 6.69. The lowest BCUT2D eigenvalue weighted by Gasteiger charge is -2.14. The third-order valence-corrected chi connectivity index (χ3v) is 4.69. The monoisotopic (exact) mass is 352 g/mol. The van der Waals surface area contributed by atoms with Gasteiger partial charge in [0.05, 0.1) is 0 Å². The SMILES string of the molecule is Cc1cc(C(=O)N2CC[C@@H](Cc3cc(-c4nccn4C)ncn3)C2)no1. The summed E-state index contributed by atoms with van der Waals surface area (Å²) >= 11 is 0. The highest BCUT2D eigenvalue weighted by atomic mass is 16.5. The largest absolute Gasteiger partial charge is 0.361 e. The van der Waals surface area contributed by atoms with E-state index in [2.05, 4.69) is 20.1 Å². The van der Waals surface area contributed by atoms with Gasteiger partial charge in [0, 0.05) is 44.3 Å². The second kappa shape index (κ2) is 6.70. The van der Waals surface area contributed by atoms with Gasteiger partial charge >= 0.3 is 0 Å². The molecule has 1 aliphatic rings. The first-order valence-electron chi connectivity index (χ1n) is 8.61. The van der Waals surface area contributed by atoms with Gasteiger partial charge in [0.15, 0.2) is 11.5 Å². The van der Waals surface area contributed by atoms with Crippen LogP contribution in [0, 0.1) is 12.8 Å². The smallest absolute Gasteiger partial charge is 0.276 e.